The SMILES string of the molecule is CC1CC=C2C=CC(N3CCNCC3)=CN2C(=O)C=C1c1ccc(OC(F)F)cc1. The number of ether oxygens (including phenoxy) is 1. The number of alkyl halides is 2. The highest BCUT2D eigenvalue weighted by molar-refractivity contribution is 5.98. The summed E-state index contributed by atoms with van der Waals surface area (Å²) in [5.41, 5.74) is 3.61. The van der Waals surface area contributed by atoms with Crippen molar-refractivity contribution >= 4 is 11.5 Å². The van der Waals surface area contributed by atoms with Gasteiger partial charge in [0.15, 0.2) is 0 Å². The molecular weight excluding hydrogens is 388 g/mol. The van der Waals surface area contributed by atoms with Crippen LogP contribution in [0.2, 0.25) is 0 Å². The van der Waals surface area contributed by atoms with E-state index in [-0.39, 0.29) is 17.6 Å². The molecule has 158 valence electrons. The molecule has 1 saturated heterocycles. The Kier molecular flexibility index (Phi) is 5.99. The zero-order valence-corrected chi connectivity index (χ0v) is 16.9. The van der Waals surface area contributed by atoms with Crippen LogP contribution >= 0.6 is 0 Å². The molecule has 0 saturated carbocycles. The number of hydrogen-bond acceptors (Lipinski definition) is 4. The van der Waals surface area contributed by atoms with Crippen LogP contribution in [0.15, 0.2) is 66.2 Å². The quantitative estimate of drug-likeness (QED) is 0.817. The molecule has 3 aliphatic heterocycles. The maximum absolute atomic E-state index is 13.1. The number of nitrogens with zero attached hydrogens (tertiary/aromatic N) is 2. The molecule has 0 bridgehead atoms. The van der Waals surface area contributed by atoms with E-state index in [2.05, 4.69) is 34.0 Å². The fourth-order valence-electron chi connectivity index (χ4n) is 3.93. The van der Waals surface area contributed by atoms with Gasteiger partial charge in [-0.2, -0.15) is 8.78 Å². The summed E-state index contributed by atoms with van der Waals surface area (Å²) in [5.74, 6) is 0.0937. The number of nitrogens with one attached hydrogen (secondary N) is 1. The normalized spacial score (nSPS) is 22.1. The van der Waals surface area contributed by atoms with Crippen LogP contribution in [0.3, 0.4) is 0 Å². The van der Waals surface area contributed by atoms with Gasteiger partial charge in [0.2, 0.25) is 0 Å². The van der Waals surface area contributed by atoms with Crippen molar-refractivity contribution in [2.45, 2.75) is 20.0 Å². The number of hydrogen-bond donors (Lipinski definition) is 1. The van der Waals surface area contributed by atoms with Gasteiger partial charge in [0.1, 0.15) is 5.75 Å². The second-order valence-corrected chi connectivity index (χ2v) is 7.60. The molecule has 0 aromatic heterocycles. The van der Waals surface area contributed by atoms with Gasteiger partial charge in [-0.05, 0) is 47.8 Å². The van der Waals surface area contributed by atoms with Crippen molar-refractivity contribution in [3.8, 4) is 5.75 Å². The average molecular weight is 413 g/mol. The Labute approximate surface area is 175 Å². The molecule has 4 rings (SSSR count). The van der Waals surface area contributed by atoms with Crippen molar-refractivity contribution in [2.75, 3.05) is 26.2 Å². The topological polar surface area (TPSA) is 44.8 Å². The molecule has 0 spiro atoms. The van der Waals surface area contributed by atoms with Crippen molar-refractivity contribution in [1.82, 2.24) is 15.1 Å². The molecule has 1 N–H and O–H groups in total. The minimum Gasteiger partial charge on any atom is -0.435 e. The first kappa shape index (κ1) is 20.3. The Balaban J connectivity index is 1.59. The van der Waals surface area contributed by atoms with Gasteiger partial charge >= 0.3 is 6.61 Å². The molecule has 1 fully saturated rings. The van der Waals surface area contributed by atoms with E-state index in [9.17, 15) is 13.6 Å². The molecule has 1 amide bonds. The lowest BCUT2D eigenvalue weighted by molar-refractivity contribution is -0.122. The van der Waals surface area contributed by atoms with Gasteiger partial charge in [-0.3, -0.25) is 9.69 Å². The molecular formula is C23H25F2N3O2. The second kappa shape index (κ2) is 8.83. The van der Waals surface area contributed by atoms with Crippen LogP contribution in [0.4, 0.5) is 8.78 Å². The summed E-state index contributed by atoms with van der Waals surface area (Å²) >= 11 is 0. The van der Waals surface area contributed by atoms with Crippen molar-refractivity contribution in [3.63, 3.8) is 0 Å². The highest BCUT2D eigenvalue weighted by atomic mass is 19.3. The molecule has 1 aromatic carbocycles. The van der Waals surface area contributed by atoms with Crippen molar-refractivity contribution in [3.05, 3.63) is 71.7 Å². The van der Waals surface area contributed by atoms with Gasteiger partial charge in [-0.1, -0.05) is 25.1 Å². The summed E-state index contributed by atoms with van der Waals surface area (Å²) < 4.78 is 29.2. The van der Waals surface area contributed by atoms with Crippen LogP contribution in [0, 0.1) is 5.92 Å². The molecule has 3 heterocycles. The third-order valence-corrected chi connectivity index (χ3v) is 5.59. The van der Waals surface area contributed by atoms with E-state index in [1.54, 1.807) is 23.1 Å². The summed E-state index contributed by atoms with van der Waals surface area (Å²) in [5, 5.41) is 3.34. The zero-order chi connectivity index (χ0) is 21.1. The number of carbonyl (C=O) groups is 1. The van der Waals surface area contributed by atoms with E-state index in [4.69, 9.17) is 0 Å². The lowest BCUT2D eigenvalue weighted by Gasteiger charge is -2.34. The van der Waals surface area contributed by atoms with Crippen LogP contribution < -0.4 is 10.1 Å². The Morgan fingerprint density at radius 3 is 2.50 bits per heavy atom. The van der Waals surface area contributed by atoms with Gasteiger partial charge in [-0.25, -0.2) is 0 Å². The number of carbonyl (C=O) groups excluding carboxylic acids is 1. The van der Waals surface area contributed by atoms with Crippen molar-refractivity contribution in [2.24, 2.45) is 5.92 Å². The van der Waals surface area contributed by atoms with Gasteiger partial charge in [-0.15, -0.1) is 0 Å². The number of fused-ring (bicyclic) bond motifs is 1. The summed E-state index contributed by atoms with van der Waals surface area (Å²) in [4.78, 5) is 17.1. The van der Waals surface area contributed by atoms with E-state index in [0.717, 1.165) is 55.1 Å². The first-order valence-corrected chi connectivity index (χ1v) is 10.2. The summed E-state index contributed by atoms with van der Waals surface area (Å²) in [6.07, 6.45) is 10.5. The fourth-order valence-corrected chi connectivity index (χ4v) is 3.93. The Hall–Kier alpha value is -2.93. The summed E-state index contributed by atoms with van der Waals surface area (Å²) in [7, 11) is 0. The standard InChI is InChI=1S/C23H25F2N3O2/c1-16-2-5-18-6-7-19(27-12-10-26-11-13-27)15-28(18)22(29)14-21(16)17-3-8-20(9-4-17)30-23(24)25/h3-9,14-16,23,26H,2,10-13H2,1H3. The second-order valence-electron chi connectivity index (χ2n) is 7.60. The first-order valence-electron chi connectivity index (χ1n) is 10.2. The van der Waals surface area contributed by atoms with E-state index < -0.39 is 6.61 Å². The monoisotopic (exact) mass is 413 g/mol. The molecule has 5 nitrogen and oxygen atoms in total. The number of halogens is 2. The van der Waals surface area contributed by atoms with Crippen molar-refractivity contribution < 1.29 is 18.3 Å². The number of benzene rings is 1. The third kappa shape index (κ3) is 4.46. The fraction of sp³-hybridized carbons (Fsp3) is 0.348. The maximum Gasteiger partial charge on any atom is 0.387 e. The minimum absolute atomic E-state index is 0.103. The molecule has 3 aliphatic rings. The van der Waals surface area contributed by atoms with Gasteiger partial charge in [0, 0.05) is 44.2 Å². The molecule has 7 heteroatoms. The number of rotatable bonds is 4. The molecule has 0 radical (unpaired) electrons. The maximum atomic E-state index is 13.1. The van der Waals surface area contributed by atoms with E-state index in [0.29, 0.717) is 0 Å². The van der Waals surface area contributed by atoms with Crippen LogP contribution in [0.5, 0.6) is 5.75 Å². The summed E-state index contributed by atoms with van der Waals surface area (Å²) in [6.45, 7) is 2.86. The largest absolute Gasteiger partial charge is 0.435 e. The Morgan fingerprint density at radius 2 is 1.80 bits per heavy atom. The first-order chi connectivity index (χ1) is 14.5. The van der Waals surface area contributed by atoms with E-state index in [1.807, 2.05) is 12.3 Å². The highest BCUT2D eigenvalue weighted by Crippen LogP contribution is 2.32. The van der Waals surface area contributed by atoms with Crippen LogP contribution in [-0.2, 0) is 4.79 Å². The van der Waals surface area contributed by atoms with Gasteiger partial charge < -0.3 is 15.0 Å². The smallest absolute Gasteiger partial charge is 0.387 e. The van der Waals surface area contributed by atoms with E-state index in [1.165, 1.54) is 12.1 Å². The third-order valence-electron chi connectivity index (χ3n) is 5.59. The Bertz CT molecular complexity index is 913. The van der Waals surface area contributed by atoms with Crippen LogP contribution in [0.1, 0.15) is 18.9 Å². The zero-order valence-electron chi connectivity index (χ0n) is 16.9. The lowest BCUT2D eigenvalue weighted by atomic mass is 9.89. The molecule has 30 heavy (non-hydrogen) atoms. The van der Waals surface area contributed by atoms with Gasteiger partial charge in [0.05, 0.1) is 5.70 Å². The number of piperazine rings is 1. The van der Waals surface area contributed by atoms with Crippen molar-refractivity contribution in [1.29, 1.82) is 0 Å². The van der Waals surface area contributed by atoms with Crippen LogP contribution in [0.25, 0.3) is 5.57 Å². The predicted octanol–water partition coefficient (Wildman–Crippen LogP) is 3.74. The van der Waals surface area contributed by atoms with Crippen LogP contribution in [-0.4, -0.2) is 48.5 Å². The van der Waals surface area contributed by atoms with E-state index >= 15 is 0 Å². The van der Waals surface area contributed by atoms with Gasteiger partial charge in [0.25, 0.3) is 5.91 Å². The Morgan fingerprint density at radius 1 is 1.10 bits per heavy atom. The molecule has 1 unspecified atom stereocenters. The lowest BCUT2D eigenvalue weighted by Crippen LogP contribution is -2.43. The highest BCUT2D eigenvalue weighted by Gasteiger charge is 2.24. The number of allylic oxidation sites excluding steroid dienone is 4. The number of amides is 1. The average Bonchev–Trinajstić information content (AvgIpc) is 2.75. The molecule has 1 aromatic rings. The summed E-state index contributed by atoms with van der Waals surface area (Å²) in [6, 6.07) is 6.45. The minimum atomic E-state index is -2.86. The molecule has 1 atom stereocenters. The molecule has 0 aliphatic carbocycles. The predicted molar refractivity (Wildman–Crippen MR) is 111 cm³/mol.